The molecule has 2 aromatic carbocycles. The smallest absolute Gasteiger partial charge is 0.227 e. The van der Waals surface area contributed by atoms with Crippen LogP contribution in [-0.2, 0) is 17.6 Å². The van der Waals surface area contributed by atoms with E-state index in [0.717, 1.165) is 61.2 Å². The van der Waals surface area contributed by atoms with Crippen LogP contribution in [0.1, 0.15) is 58.3 Å². The van der Waals surface area contributed by atoms with Gasteiger partial charge in [-0.15, -0.1) is 0 Å². The molecular weight excluding hydrogens is 372 g/mol. The van der Waals surface area contributed by atoms with Gasteiger partial charge in [-0.1, -0.05) is 29.8 Å². The third-order valence-electron chi connectivity index (χ3n) is 6.08. The predicted octanol–water partition coefficient (Wildman–Crippen LogP) is 4.74. The minimum atomic E-state index is 0.149. The highest BCUT2D eigenvalue weighted by Crippen LogP contribution is 2.31. The number of carbonyl (C=O) groups is 2. The van der Waals surface area contributed by atoms with Gasteiger partial charge in [-0.2, -0.15) is 0 Å². The van der Waals surface area contributed by atoms with Gasteiger partial charge in [0.05, 0.1) is 0 Å². The monoisotopic (exact) mass is 406 g/mol. The van der Waals surface area contributed by atoms with E-state index in [1.807, 2.05) is 26.1 Å². The minimum absolute atomic E-state index is 0.149. The number of amides is 1. The van der Waals surface area contributed by atoms with Gasteiger partial charge in [0.2, 0.25) is 5.91 Å². The maximum absolute atomic E-state index is 12.7. The van der Waals surface area contributed by atoms with Gasteiger partial charge in [-0.05, 0) is 81.9 Å². The molecule has 4 heteroatoms. The Morgan fingerprint density at radius 1 is 1.07 bits per heavy atom. The van der Waals surface area contributed by atoms with E-state index in [1.165, 1.54) is 11.1 Å². The Morgan fingerprint density at radius 2 is 1.87 bits per heavy atom. The molecule has 0 spiro atoms. The fourth-order valence-electron chi connectivity index (χ4n) is 4.33. The topological polar surface area (TPSA) is 40.6 Å². The van der Waals surface area contributed by atoms with E-state index in [2.05, 4.69) is 43.1 Å². The largest absolute Gasteiger partial charge is 0.315 e. The number of fused-ring (bicyclic) bond motifs is 1. The summed E-state index contributed by atoms with van der Waals surface area (Å²) in [5, 5.41) is 0. The van der Waals surface area contributed by atoms with E-state index in [4.69, 9.17) is 0 Å². The molecule has 30 heavy (non-hydrogen) atoms. The van der Waals surface area contributed by atoms with Gasteiger partial charge in [0, 0.05) is 37.7 Å². The lowest BCUT2D eigenvalue weighted by molar-refractivity contribution is -0.118. The third-order valence-corrected chi connectivity index (χ3v) is 6.08. The Morgan fingerprint density at radius 3 is 2.63 bits per heavy atom. The second-order valence-corrected chi connectivity index (χ2v) is 8.68. The van der Waals surface area contributed by atoms with Crippen LogP contribution in [0.25, 0.3) is 0 Å². The fraction of sp³-hybridized carbons (Fsp3) is 0.462. The van der Waals surface area contributed by atoms with E-state index >= 15 is 0 Å². The van der Waals surface area contributed by atoms with Gasteiger partial charge in [-0.3, -0.25) is 9.59 Å². The number of ketones is 1. The third kappa shape index (κ3) is 5.57. The zero-order chi connectivity index (χ0) is 21.7. The average Bonchev–Trinajstić information content (AvgIpc) is 2.72. The molecule has 2 aromatic rings. The Balaban J connectivity index is 1.45. The number of hydrogen-bond donors (Lipinski definition) is 0. The number of rotatable bonds is 9. The molecule has 160 valence electrons. The molecule has 0 saturated heterocycles. The van der Waals surface area contributed by atoms with Gasteiger partial charge < -0.3 is 9.80 Å². The molecule has 0 N–H and O–H groups in total. The molecule has 4 nitrogen and oxygen atoms in total. The van der Waals surface area contributed by atoms with Crippen molar-refractivity contribution in [3.63, 3.8) is 0 Å². The molecule has 0 aromatic heterocycles. The molecule has 0 atom stereocenters. The molecule has 1 aliphatic heterocycles. The van der Waals surface area contributed by atoms with Crippen LogP contribution in [0.5, 0.6) is 0 Å². The average molecular weight is 407 g/mol. The molecule has 0 radical (unpaired) electrons. The van der Waals surface area contributed by atoms with Crippen molar-refractivity contribution in [3.05, 3.63) is 64.2 Å². The zero-order valence-corrected chi connectivity index (χ0v) is 18.8. The lowest BCUT2D eigenvalue weighted by atomic mass is 9.93. The molecule has 0 fully saturated rings. The highest BCUT2D eigenvalue weighted by molar-refractivity contribution is 6.00. The van der Waals surface area contributed by atoms with Gasteiger partial charge in [0.15, 0.2) is 5.78 Å². The SMILES string of the molecule is Cc1cccc(CCN(C)CCCCC(=O)c2cc(C)c3c(c2)CCC(=O)N3C)c1. The Bertz CT molecular complexity index is 919. The van der Waals surface area contributed by atoms with E-state index in [1.54, 1.807) is 4.90 Å². The van der Waals surface area contributed by atoms with Crippen LogP contribution >= 0.6 is 0 Å². The van der Waals surface area contributed by atoms with Crippen molar-refractivity contribution in [1.29, 1.82) is 0 Å². The van der Waals surface area contributed by atoms with Crippen molar-refractivity contribution < 1.29 is 9.59 Å². The van der Waals surface area contributed by atoms with Crippen LogP contribution in [-0.4, -0.2) is 43.8 Å². The molecule has 1 amide bonds. The van der Waals surface area contributed by atoms with Crippen LogP contribution in [0.15, 0.2) is 36.4 Å². The molecule has 0 bridgehead atoms. The summed E-state index contributed by atoms with van der Waals surface area (Å²) in [5.74, 6) is 0.360. The van der Waals surface area contributed by atoms with E-state index in [-0.39, 0.29) is 11.7 Å². The van der Waals surface area contributed by atoms with E-state index in [9.17, 15) is 9.59 Å². The molecule has 0 saturated carbocycles. The van der Waals surface area contributed by atoms with Crippen LogP contribution in [0.2, 0.25) is 0 Å². The summed E-state index contributed by atoms with van der Waals surface area (Å²) >= 11 is 0. The lowest BCUT2D eigenvalue weighted by Gasteiger charge is -2.28. The maximum Gasteiger partial charge on any atom is 0.227 e. The van der Waals surface area contributed by atoms with Gasteiger partial charge in [0.25, 0.3) is 0 Å². The lowest BCUT2D eigenvalue weighted by Crippen LogP contribution is -2.32. The number of aryl methyl sites for hydroxylation is 3. The molecule has 0 aliphatic carbocycles. The van der Waals surface area contributed by atoms with Crippen LogP contribution in [0.4, 0.5) is 5.69 Å². The molecule has 1 heterocycles. The minimum Gasteiger partial charge on any atom is -0.315 e. The predicted molar refractivity (Wildman–Crippen MR) is 123 cm³/mol. The van der Waals surface area contributed by atoms with Gasteiger partial charge >= 0.3 is 0 Å². The van der Waals surface area contributed by atoms with Gasteiger partial charge in [-0.25, -0.2) is 0 Å². The number of Topliss-reactive ketones (excluding diaryl/α,β-unsaturated/α-hetero) is 1. The standard InChI is InChI=1S/C26H34N2O2/c1-19-8-7-9-21(16-19)13-15-27(3)14-6-5-10-24(29)23-17-20(2)26-22(18-23)11-12-25(30)28(26)4/h7-9,16-18H,5-6,10-15H2,1-4H3. The van der Waals surface area contributed by atoms with Crippen molar-refractivity contribution in [3.8, 4) is 0 Å². The number of benzene rings is 2. The second-order valence-electron chi connectivity index (χ2n) is 8.68. The summed E-state index contributed by atoms with van der Waals surface area (Å²) in [6.45, 7) is 6.17. The summed E-state index contributed by atoms with van der Waals surface area (Å²) in [5.41, 5.74) is 6.61. The van der Waals surface area contributed by atoms with Gasteiger partial charge in [0.1, 0.15) is 0 Å². The number of likely N-dealkylation sites (N-methyl/N-ethyl adjacent to an activating group) is 1. The number of anilines is 1. The first-order valence-electron chi connectivity index (χ1n) is 11.0. The number of carbonyl (C=O) groups excluding carboxylic acids is 2. The first-order valence-corrected chi connectivity index (χ1v) is 11.0. The molecule has 3 rings (SSSR count). The molecular formula is C26H34N2O2. The summed E-state index contributed by atoms with van der Waals surface area (Å²) in [6.07, 6.45) is 4.82. The fourth-order valence-corrected chi connectivity index (χ4v) is 4.33. The molecule has 0 unspecified atom stereocenters. The van der Waals surface area contributed by atoms with E-state index in [0.29, 0.717) is 12.8 Å². The first-order chi connectivity index (χ1) is 14.3. The van der Waals surface area contributed by atoms with Crippen LogP contribution in [0, 0.1) is 13.8 Å². The maximum atomic E-state index is 12.7. The number of hydrogen-bond acceptors (Lipinski definition) is 3. The Kier molecular flexibility index (Phi) is 7.43. The van der Waals surface area contributed by atoms with Crippen LogP contribution < -0.4 is 4.90 Å². The number of unbranched alkanes of at least 4 members (excludes halogenated alkanes) is 1. The summed E-state index contributed by atoms with van der Waals surface area (Å²) in [4.78, 5) is 28.8. The first kappa shape index (κ1) is 22.2. The summed E-state index contributed by atoms with van der Waals surface area (Å²) in [7, 11) is 3.98. The van der Waals surface area contributed by atoms with Crippen LogP contribution in [0.3, 0.4) is 0 Å². The van der Waals surface area contributed by atoms with E-state index < -0.39 is 0 Å². The summed E-state index contributed by atoms with van der Waals surface area (Å²) < 4.78 is 0. The van der Waals surface area contributed by atoms with Crippen molar-refractivity contribution in [1.82, 2.24) is 4.90 Å². The Labute approximate surface area is 180 Å². The molecule has 1 aliphatic rings. The normalized spacial score (nSPS) is 13.6. The number of nitrogens with zero attached hydrogens (tertiary/aromatic N) is 2. The van der Waals surface area contributed by atoms with Crippen molar-refractivity contribution in [2.45, 2.75) is 52.4 Å². The quantitative estimate of drug-likeness (QED) is 0.446. The zero-order valence-electron chi connectivity index (χ0n) is 18.8. The Hall–Kier alpha value is -2.46. The van der Waals surface area contributed by atoms with Crippen molar-refractivity contribution in [2.24, 2.45) is 0 Å². The highest BCUT2D eigenvalue weighted by atomic mass is 16.2. The second kappa shape index (κ2) is 10.0. The van der Waals surface area contributed by atoms with Crippen molar-refractivity contribution >= 4 is 17.4 Å². The van der Waals surface area contributed by atoms with Crippen molar-refractivity contribution in [2.75, 3.05) is 32.1 Å². The highest BCUT2D eigenvalue weighted by Gasteiger charge is 2.24. The summed E-state index contributed by atoms with van der Waals surface area (Å²) in [6, 6.07) is 12.6.